The van der Waals surface area contributed by atoms with Gasteiger partial charge in [-0.3, -0.25) is 14.9 Å². The van der Waals surface area contributed by atoms with Crippen LogP contribution in [0, 0.1) is 13.8 Å². The summed E-state index contributed by atoms with van der Waals surface area (Å²) < 4.78 is 4.84. The third kappa shape index (κ3) is 5.51. The summed E-state index contributed by atoms with van der Waals surface area (Å²) in [5.74, 6) is -1.20. The van der Waals surface area contributed by atoms with Crippen LogP contribution in [0.5, 0.6) is 0 Å². The number of esters is 1. The second kappa shape index (κ2) is 8.26. The monoisotopic (exact) mass is 346 g/mol. The van der Waals surface area contributed by atoms with E-state index in [9.17, 15) is 14.4 Å². The molecule has 0 spiro atoms. The first-order chi connectivity index (χ1) is 11.4. The molecule has 1 heterocycles. The number of carbonyl (C=O) groups excluding carboxylic acids is 3. The van der Waals surface area contributed by atoms with E-state index in [1.165, 1.54) is 11.3 Å². The van der Waals surface area contributed by atoms with Crippen LogP contribution in [0.2, 0.25) is 0 Å². The van der Waals surface area contributed by atoms with Crippen molar-refractivity contribution in [2.75, 3.05) is 11.9 Å². The van der Waals surface area contributed by atoms with Crippen LogP contribution in [-0.2, 0) is 20.7 Å². The van der Waals surface area contributed by atoms with Gasteiger partial charge in [0.25, 0.3) is 5.91 Å². The van der Waals surface area contributed by atoms with Crippen LogP contribution in [0.15, 0.2) is 35.0 Å². The number of urea groups is 1. The Bertz CT molecular complexity index is 741. The maximum atomic E-state index is 11.8. The van der Waals surface area contributed by atoms with Crippen molar-refractivity contribution in [1.82, 2.24) is 5.32 Å². The van der Waals surface area contributed by atoms with Gasteiger partial charge in [-0.05, 0) is 47.9 Å². The number of aryl methyl sites for hydroxylation is 2. The topological polar surface area (TPSA) is 84.5 Å². The van der Waals surface area contributed by atoms with Crippen LogP contribution < -0.4 is 10.6 Å². The minimum Gasteiger partial charge on any atom is -0.455 e. The number of rotatable bonds is 5. The van der Waals surface area contributed by atoms with E-state index >= 15 is 0 Å². The number of nitrogens with one attached hydrogen (secondary N) is 2. The third-order valence-electron chi connectivity index (χ3n) is 3.18. The molecule has 126 valence electrons. The maximum Gasteiger partial charge on any atom is 0.325 e. The first-order valence-electron chi connectivity index (χ1n) is 7.29. The lowest BCUT2D eigenvalue weighted by molar-refractivity contribution is -0.147. The lowest BCUT2D eigenvalue weighted by Crippen LogP contribution is -2.37. The number of hydrogen-bond donors (Lipinski definition) is 2. The Morgan fingerprint density at radius 3 is 2.62 bits per heavy atom. The van der Waals surface area contributed by atoms with Gasteiger partial charge in [0.05, 0.1) is 6.42 Å². The van der Waals surface area contributed by atoms with Gasteiger partial charge in [0.15, 0.2) is 6.61 Å². The molecule has 0 atom stereocenters. The molecule has 1 aromatic carbocycles. The largest absolute Gasteiger partial charge is 0.455 e. The summed E-state index contributed by atoms with van der Waals surface area (Å²) in [6, 6.07) is 6.68. The molecule has 0 bridgehead atoms. The van der Waals surface area contributed by atoms with Crippen molar-refractivity contribution in [3.8, 4) is 0 Å². The molecular formula is C17H18N2O4S. The quantitative estimate of drug-likeness (QED) is 0.815. The predicted octanol–water partition coefficient (Wildman–Crippen LogP) is 2.80. The van der Waals surface area contributed by atoms with Crippen molar-refractivity contribution in [3.05, 3.63) is 51.7 Å². The fourth-order valence-corrected chi connectivity index (χ4v) is 2.70. The highest BCUT2D eigenvalue weighted by atomic mass is 32.1. The number of imide groups is 1. The van der Waals surface area contributed by atoms with Gasteiger partial charge in [0.2, 0.25) is 0 Å². The van der Waals surface area contributed by atoms with Gasteiger partial charge < -0.3 is 10.1 Å². The molecule has 2 rings (SSSR count). The van der Waals surface area contributed by atoms with Crippen LogP contribution in [-0.4, -0.2) is 24.5 Å². The van der Waals surface area contributed by atoms with Gasteiger partial charge in [-0.25, -0.2) is 4.79 Å². The zero-order valence-electron chi connectivity index (χ0n) is 13.4. The first-order valence-corrected chi connectivity index (χ1v) is 8.23. The maximum absolute atomic E-state index is 11.8. The lowest BCUT2D eigenvalue weighted by atomic mass is 10.1. The Morgan fingerprint density at radius 2 is 1.96 bits per heavy atom. The summed E-state index contributed by atoms with van der Waals surface area (Å²) in [4.78, 5) is 35.0. The molecule has 7 heteroatoms. The van der Waals surface area contributed by atoms with Gasteiger partial charge in [-0.1, -0.05) is 17.7 Å². The molecule has 0 radical (unpaired) electrons. The summed E-state index contributed by atoms with van der Waals surface area (Å²) in [6.45, 7) is 3.31. The van der Waals surface area contributed by atoms with Crippen LogP contribution >= 0.6 is 11.3 Å². The van der Waals surface area contributed by atoms with Crippen molar-refractivity contribution in [3.63, 3.8) is 0 Å². The molecule has 0 fully saturated rings. The number of amides is 3. The molecule has 2 N–H and O–H groups in total. The van der Waals surface area contributed by atoms with Crippen molar-refractivity contribution < 1.29 is 19.1 Å². The van der Waals surface area contributed by atoms with Crippen LogP contribution in [0.4, 0.5) is 10.5 Å². The average molecular weight is 346 g/mol. The molecule has 0 saturated heterocycles. The molecule has 0 unspecified atom stereocenters. The average Bonchev–Trinajstić information content (AvgIpc) is 3.01. The molecule has 1 aromatic heterocycles. The molecule has 0 aliphatic rings. The summed E-state index contributed by atoms with van der Waals surface area (Å²) in [6.07, 6.45) is 0.103. The Kier molecular flexibility index (Phi) is 6.08. The normalized spacial score (nSPS) is 10.1. The highest BCUT2D eigenvalue weighted by molar-refractivity contribution is 7.07. The van der Waals surface area contributed by atoms with Gasteiger partial charge in [-0.2, -0.15) is 11.3 Å². The highest BCUT2D eigenvalue weighted by Gasteiger charge is 2.12. The number of carbonyl (C=O) groups is 3. The summed E-state index contributed by atoms with van der Waals surface area (Å²) >= 11 is 1.48. The Hall–Kier alpha value is -2.67. The summed E-state index contributed by atoms with van der Waals surface area (Å²) in [7, 11) is 0. The van der Waals surface area contributed by atoms with Gasteiger partial charge in [0, 0.05) is 5.69 Å². The van der Waals surface area contributed by atoms with Gasteiger partial charge >= 0.3 is 12.0 Å². The fraction of sp³-hybridized carbons (Fsp3) is 0.235. The zero-order valence-corrected chi connectivity index (χ0v) is 14.2. The second-order valence-corrected chi connectivity index (χ2v) is 6.07. The minimum absolute atomic E-state index is 0.103. The van der Waals surface area contributed by atoms with Crippen LogP contribution in [0.25, 0.3) is 0 Å². The highest BCUT2D eigenvalue weighted by Crippen LogP contribution is 2.15. The van der Waals surface area contributed by atoms with Crippen molar-refractivity contribution in [1.29, 1.82) is 0 Å². The standard InChI is InChI=1S/C17H18N2O4S/c1-11-3-4-14(12(2)7-11)18-17(22)19-15(20)9-23-16(21)8-13-5-6-24-10-13/h3-7,10H,8-9H2,1-2H3,(H2,18,19,20,22). The Morgan fingerprint density at radius 1 is 1.17 bits per heavy atom. The van der Waals surface area contributed by atoms with E-state index in [1.54, 1.807) is 6.07 Å². The number of benzene rings is 1. The van der Waals surface area contributed by atoms with Gasteiger partial charge in [0.1, 0.15) is 0 Å². The molecule has 2 aromatic rings. The Labute approximate surface area is 143 Å². The zero-order chi connectivity index (χ0) is 17.5. The number of thiophene rings is 1. The van der Waals surface area contributed by atoms with E-state index in [0.717, 1.165) is 16.7 Å². The SMILES string of the molecule is Cc1ccc(NC(=O)NC(=O)COC(=O)Cc2ccsc2)c(C)c1. The van der Waals surface area contributed by atoms with Gasteiger partial charge in [-0.15, -0.1) is 0 Å². The number of ether oxygens (including phenoxy) is 1. The second-order valence-electron chi connectivity index (χ2n) is 5.29. The lowest BCUT2D eigenvalue weighted by Gasteiger charge is -2.10. The summed E-state index contributed by atoms with van der Waals surface area (Å²) in [5.41, 5.74) is 3.41. The smallest absolute Gasteiger partial charge is 0.325 e. The van der Waals surface area contributed by atoms with E-state index in [2.05, 4.69) is 10.6 Å². The summed E-state index contributed by atoms with van der Waals surface area (Å²) in [5, 5.41) is 8.39. The minimum atomic E-state index is -0.684. The van der Waals surface area contributed by atoms with E-state index < -0.39 is 24.5 Å². The van der Waals surface area contributed by atoms with E-state index in [0.29, 0.717) is 5.69 Å². The number of hydrogen-bond acceptors (Lipinski definition) is 5. The Balaban J connectivity index is 1.75. The fourth-order valence-electron chi connectivity index (χ4n) is 2.03. The molecule has 6 nitrogen and oxygen atoms in total. The first kappa shape index (κ1) is 17.7. The van der Waals surface area contributed by atoms with E-state index in [4.69, 9.17) is 4.74 Å². The molecule has 0 aliphatic carbocycles. The van der Waals surface area contributed by atoms with E-state index in [-0.39, 0.29) is 6.42 Å². The van der Waals surface area contributed by atoms with Crippen molar-refractivity contribution in [2.45, 2.75) is 20.3 Å². The van der Waals surface area contributed by atoms with E-state index in [1.807, 2.05) is 42.8 Å². The predicted molar refractivity (Wildman–Crippen MR) is 92.1 cm³/mol. The van der Waals surface area contributed by atoms with Crippen LogP contribution in [0.3, 0.4) is 0 Å². The molecule has 3 amide bonds. The third-order valence-corrected chi connectivity index (χ3v) is 3.91. The van der Waals surface area contributed by atoms with Crippen molar-refractivity contribution in [2.24, 2.45) is 0 Å². The molecule has 0 aliphatic heterocycles. The van der Waals surface area contributed by atoms with Crippen molar-refractivity contribution >= 4 is 34.9 Å². The number of anilines is 1. The molecule has 24 heavy (non-hydrogen) atoms. The molecule has 0 saturated carbocycles. The molecular weight excluding hydrogens is 328 g/mol. The van der Waals surface area contributed by atoms with Crippen LogP contribution in [0.1, 0.15) is 16.7 Å².